The predicted octanol–water partition coefficient (Wildman–Crippen LogP) is 3.85. The molecule has 0 aliphatic carbocycles. The van der Waals surface area contributed by atoms with Crippen LogP contribution in [0.15, 0.2) is 0 Å². The van der Waals surface area contributed by atoms with Crippen molar-refractivity contribution >= 4 is 69.5 Å². The quantitative estimate of drug-likeness (QED) is 0.496. The Balaban J connectivity index is 0. The van der Waals surface area contributed by atoms with Gasteiger partial charge in [-0.05, 0) is 33.7 Å². The second kappa shape index (κ2) is 6.53. The molecule has 9 heavy (non-hydrogen) atoms. The Hall–Kier alpha value is 1.83. The molecule has 0 aromatic carbocycles. The zero-order valence-corrected chi connectivity index (χ0v) is 9.05. The summed E-state index contributed by atoms with van der Waals surface area (Å²) in [5.41, 5.74) is 0. The molecule has 0 unspecified atom stereocenters. The first-order chi connectivity index (χ1) is 3.73. The normalized spacial score (nSPS) is 10.4. The van der Waals surface area contributed by atoms with Crippen molar-refractivity contribution in [3.63, 3.8) is 0 Å². The Morgan fingerprint density at radius 1 is 1.11 bits per heavy atom. The van der Waals surface area contributed by atoms with Crippen molar-refractivity contribution < 1.29 is 8.77 Å². The molecule has 2 nitrogen and oxygen atoms in total. The predicted molar refractivity (Wildman–Crippen MR) is 45.0 cm³/mol. The van der Waals surface area contributed by atoms with Crippen LogP contribution in [-0.4, -0.2) is 4.21 Å². The molecule has 9 heteroatoms. The fraction of sp³-hybridized carbons (Fsp3) is 0. The third-order valence-electron chi connectivity index (χ3n) is 0. The van der Waals surface area contributed by atoms with E-state index < -0.39 is 14.4 Å². The van der Waals surface area contributed by atoms with E-state index in [1.165, 1.54) is 0 Å². The van der Waals surface area contributed by atoms with Gasteiger partial charge in [0.15, 0.2) is 0 Å². The summed E-state index contributed by atoms with van der Waals surface area (Å²) in [4.78, 5) is 0. The lowest BCUT2D eigenvalue weighted by Crippen LogP contribution is -1.41. The van der Waals surface area contributed by atoms with Crippen molar-refractivity contribution in [2.45, 2.75) is 0 Å². The average Bonchev–Trinajstić information content (AvgIpc) is 1.19. The van der Waals surface area contributed by atoms with E-state index in [-0.39, 0.29) is 0 Å². The van der Waals surface area contributed by atoms with Crippen LogP contribution < -0.4 is 0 Å². The van der Waals surface area contributed by atoms with Crippen LogP contribution in [0.2, 0.25) is 0 Å². The highest BCUT2D eigenvalue weighted by molar-refractivity contribution is 8.26. The molecule has 0 saturated carbocycles. The van der Waals surface area contributed by atoms with Crippen LogP contribution in [0.5, 0.6) is 0 Å². The largest absolute Gasteiger partial charge is 0.339 e. The van der Waals surface area contributed by atoms with Gasteiger partial charge in [0.2, 0.25) is 9.23 Å². The van der Waals surface area contributed by atoms with Gasteiger partial charge in [-0.1, -0.05) is 0 Å². The van der Waals surface area contributed by atoms with E-state index in [0.717, 1.165) is 0 Å². The Labute approximate surface area is 77.9 Å². The van der Waals surface area contributed by atoms with Crippen molar-refractivity contribution in [2.24, 2.45) is 0 Å². The molecule has 0 fully saturated rings. The van der Waals surface area contributed by atoms with Crippen molar-refractivity contribution in [2.75, 3.05) is 0 Å². The minimum absolute atomic E-state index is 1.67. The van der Waals surface area contributed by atoms with Crippen molar-refractivity contribution in [1.29, 1.82) is 0 Å². The maximum Gasteiger partial charge on any atom is 0.339 e. The van der Waals surface area contributed by atoms with E-state index in [1.54, 1.807) is 0 Å². The maximum atomic E-state index is 9.51. The standard InChI is InChI=1S/Cl3OP.Cl2OS/c1-5(2,3)4;1-4(2)3. The summed E-state index contributed by atoms with van der Waals surface area (Å²) in [7, 11) is 7.36. The van der Waals surface area contributed by atoms with Crippen LogP contribution in [0.4, 0.5) is 0 Å². The molecule has 0 atom stereocenters. The summed E-state index contributed by atoms with van der Waals surface area (Å²) in [5.74, 6) is 0. The fourth-order valence-electron chi connectivity index (χ4n) is 0. The van der Waals surface area contributed by atoms with Crippen molar-refractivity contribution in [3.8, 4) is 0 Å². The highest BCUT2D eigenvalue weighted by Gasteiger charge is 2.02. The molecule has 0 amide bonds. The van der Waals surface area contributed by atoms with E-state index in [1.807, 2.05) is 0 Å². The lowest BCUT2D eigenvalue weighted by molar-refractivity contribution is 0.600. The van der Waals surface area contributed by atoms with Gasteiger partial charge in [-0.3, -0.25) is 4.57 Å². The zero-order chi connectivity index (χ0) is 8.08. The highest BCUT2D eigenvalue weighted by Crippen LogP contribution is 2.61. The van der Waals surface area contributed by atoms with Gasteiger partial charge in [0, 0.05) is 21.4 Å². The second-order valence-electron chi connectivity index (χ2n) is 0.583. The van der Waals surface area contributed by atoms with Gasteiger partial charge in [-0.2, -0.15) is 0 Å². The lowest BCUT2D eigenvalue weighted by atomic mass is 16.0. The first-order valence-corrected chi connectivity index (χ1v) is 8.39. The highest BCUT2D eigenvalue weighted by atomic mass is 36.0. The fourth-order valence-corrected chi connectivity index (χ4v) is 0. The third kappa shape index (κ3) is 180. The second-order valence-corrected chi connectivity index (χ2v) is 9.75. The Bertz CT molecular complexity index is 115. The smallest absolute Gasteiger partial charge is 0.271 e. The van der Waals surface area contributed by atoms with Crippen LogP contribution in [0.3, 0.4) is 0 Å². The number of hydrogen-bond donors (Lipinski definition) is 0. The monoisotopic (exact) mass is 270 g/mol. The Morgan fingerprint density at radius 3 is 1.11 bits per heavy atom. The maximum absolute atomic E-state index is 9.51. The van der Waals surface area contributed by atoms with Gasteiger partial charge in [0.05, 0.1) is 0 Å². The first kappa shape index (κ1) is 13.4. The minimum Gasteiger partial charge on any atom is -0.271 e. The summed E-state index contributed by atoms with van der Waals surface area (Å²) in [6.07, 6.45) is 0. The van der Waals surface area contributed by atoms with Gasteiger partial charge >= 0.3 is 5.20 Å². The zero-order valence-electron chi connectivity index (χ0n) is 3.56. The van der Waals surface area contributed by atoms with E-state index in [4.69, 9.17) is 4.21 Å². The molecule has 0 saturated heterocycles. The van der Waals surface area contributed by atoms with Crippen LogP contribution in [0.25, 0.3) is 0 Å². The lowest BCUT2D eigenvalue weighted by Gasteiger charge is -1.74. The van der Waals surface area contributed by atoms with Gasteiger partial charge in [0.1, 0.15) is 0 Å². The van der Waals surface area contributed by atoms with Gasteiger partial charge < -0.3 is 0 Å². The van der Waals surface area contributed by atoms with Crippen LogP contribution in [0.1, 0.15) is 0 Å². The van der Waals surface area contributed by atoms with Crippen molar-refractivity contribution in [3.05, 3.63) is 0 Å². The van der Waals surface area contributed by atoms with Gasteiger partial charge in [0.25, 0.3) is 0 Å². The molecule has 0 N–H and O–H groups in total. The van der Waals surface area contributed by atoms with E-state index >= 15 is 0 Å². The van der Waals surface area contributed by atoms with Crippen LogP contribution >= 0.6 is 60.3 Å². The molecule has 0 aromatic rings. The SMILES string of the molecule is O=P(Cl)(Cl)Cl.O=S(Cl)Cl. The number of hydrogen-bond acceptors (Lipinski definition) is 2. The summed E-state index contributed by atoms with van der Waals surface area (Å²) in [6.45, 7) is 0. The molecular formula is Cl5O2PS. The Kier molecular flexibility index (Phi) is 9.75. The number of rotatable bonds is 0. The molecule has 0 aliphatic heterocycles. The molecule has 0 spiro atoms. The van der Waals surface area contributed by atoms with E-state index in [0.29, 0.717) is 0 Å². The molecule has 0 heterocycles. The molecule has 58 valence electrons. The summed E-state index contributed by atoms with van der Waals surface area (Å²) >= 11 is 13.8. The average molecular weight is 272 g/mol. The molecular weight excluding hydrogens is 272 g/mol. The molecule has 0 radical (unpaired) electrons. The van der Waals surface area contributed by atoms with Crippen LogP contribution in [-0.2, 0) is 13.8 Å². The summed E-state index contributed by atoms with van der Waals surface area (Å²) < 4.78 is 18.6. The topological polar surface area (TPSA) is 34.1 Å². The third-order valence-corrected chi connectivity index (χ3v) is 0. The molecule has 0 bridgehead atoms. The van der Waals surface area contributed by atoms with E-state index in [9.17, 15) is 4.57 Å². The van der Waals surface area contributed by atoms with Crippen LogP contribution in [0, 0.1) is 0 Å². The first-order valence-electron chi connectivity index (χ1n) is 1.16. The molecule has 0 rings (SSSR count). The summed E-state index contributed by atoms with van der Waals surface area (Å²) in [5, 5.41) is -3.22. The molecule has 0 aromatic heterocycles. The number of halogens is 5. The van der Waals surface area contributed by atoms with Gasteiger partial charge in [-0.25, -0.2) is 4.21 Å². The molecule has 0 aliphatic rings. The van der Waals surface area contributed by atoms with E-state index in [2.05, 4.69) is 55.1 Å². The summed E-state index contributed by atoms with van der Waals surface area (Å²) in [6, 6.07) is 0. The van der Waals surface area contributed by atoms with Crippen molar-refractivity contribution in [1.82, 2.24) is 0 Å². The Morgan fingerprint density at radius 2 is 1.11 bits per heavy atom. The van der Waals surface area contributed by atoms with Gasteiger partial charge in [-0.15, -0.1) is 0 Å². The minimum atomic E-state index is -3.22.